The molecule has 4 aromatic carbocycles. The van der Waals surface area contributed by atoms with Gasteiger partial charge in [0, 0.05) is 39.6 Å². The first kappa shape index (κ1) is 35.6. The summed E-state index contributed by atoms with van der Waals surface area (Å²) in [6.07, 6.45) is 0.802. The van der Waals surface area contributed by atoms with E-state index in [1.165, 1.54) is 35.2 Å². The molecular weight excluding hydrogens is 688 g/mol. The van der Waals surface area contributed by atoms with Gasteiger partial charge in [-0.15, -0.1) is 0 Å². The Kier molecular flexibility index (Phi) is 12.4. The summed E-state index contributed by atoms with van der Waals surface area (Å²) in [7, 11) is -4.33. The average molecular weight is 722 g/mol. The maximum Gasteiger partial charge on any atom is 0.264 e. The molecule has 4 rings (SSSR count). The fourth-order valence-electron chi connectivity index (χ4n) is 4.77. The quantitative estimate of drug-likeness (QED) is 0.152. The van der Waals surface area contributed by atoms with Crippen LogP contribution in [-0.2, 0) is 32.6 Å². The highest BCUT2D eigenvalue weighted by Gasteiger charge is 2.36. The number of carbonyl (C=O) groups is 2. The fourth-order valence-corrected chi connectivity index (χ4v) is 7.30. The van der Waals surface area contributed by atoms with Crippen molar-refractivity contribution in [3.63, 3.8) is 0 Å². The summed E-state index contributed by atoms with van der Waals surface area (Å²) in [5.74, 6) is -1.08. The van der Waals surface area contributed by atoms with Crippen molar-refractivity contribution in [3.8, 4) is 0 Å². The molecule has 0 radical (unpaired) electrons. The molecule has 0 fully saturated rings. The second-order valence-corrected chi connectivity index (χ2v) is 14.2. The molecule has 0 aliphatic rings. The van der Waals surface area contributed by atoms with Gasteiger partial charge in [-0.2, -0.15) is 0 Å². The summed E-state index contributed by atoms with van der Waals surface area (Å²) in [4.78, 5) is 29.8. The van der Waals surface area contributed by atoms with E-state index in [9.17, 15) is 18.0 Å². The van der Waals surface area contributed by atoms with Gasteiger partial charge in [0.05, 0.1) is 15.6 Å². The Morgan fingerprint density at radius 1 is 0.804 bits per heavy atom. The van der Waals surface area contributed by atoms with Gasteiger partial charge in [-0.25, -0.2) is 8.42 Å². The number of sulfonamides is 1. The van der Waals surface area contributed by atoms with E-state index < -0.39 is 34.4 Å². The molecule has 7 nitrogen and oxygen atoms in total. The van der Waals surface area contributed by atoms with Crippen molar-refractivity contribution in [2.45, 2.75) is 50.2 Å². The average Bonchev–Trinajstić information content (AvgIpc) is 3.03. The van der Waals surface area contributed by atoms with Crippen LogP contribution >= 0.6 is 46.4 Å². The van der Waals surface area contributed by atoms with Gasteiger partial charge < -0.3 is 10.2 Å². The summed E-state index contributed by atoms with van der Waals surface area (Å²) >= 11 is 25.8. The number of nitrogens with one attached hydrogen (secondary N) is 1. The fraction of sp³-hybridized carbons (Fsp3) is 0.235. The molecule has 2 amide bonds. The lowest BCUT2D eigenvalue weighted by atomic mass is 10.0. The number of nitrogens with zero attached hydrogens (tertiary/aromatic N) is 2. The van der Waals surface area contributed by atoms with Crippen LogP contribution in [0.5, 0.6) is 0 Å². The third-order valence-corrected chi connectivity index (χ3v) is 10.5. The van der Waals surface area contributed by atoms with Crippen molar-refractivity contribution in [1.29, 1.82) is 0 Å². The standard InChI is InChI=1S/C34H33Cl4N3O4S/c1-3-23(2)39-34(43)32(19-24-11-6-4-7-12-24)40(21-27-28(36)15-10-16-29(27)37)33(42)22-41(31-18-17-25(35)20-30(31)38)46(44,45)26-13-8-5-9-14-26/h4-18,20,23,32H,3,19,21-22H2,1-2H3,(H,39,43). The lowest BCUT2D eigenvalue weighted by molar-refractivity contribution is -0.140. The lowest BCUT2D eigenvalue weighted by Crippen LogP contribution is -2.54. The summed E-state index contributed by atoms with van der Waals surface area (Å²) in [5, 5.41) is 3.89. The molecular formula is C34H33Cl4N3O4S. The maximum absolute atomic E-state index is 14.6. The van der Waals surface area contributed by atoms with Crippen LogP contribution in [0.15, 0.2) is 102 Å². The molecule has 46 heavy (non-hydrogen) atoms. The predicted octanol–water partition coefficient (Wildman–Crippen LogP) is 8.05. The Morgan fingerprint density at radius 2 is 1.41 bits per heavy atom. The van der Waals surface area contributed by atoms with Crippen LogP contribution < -0.4 is 9.62 Å². The molecule has 2 unspecified atom stereocenters. The molecule has 0 heterocycles. The van der Waals surface area contributed by atoms with Crippen molar-refractivity contribution in [3.05, 3.63) is 128 Å². The first-order chi connectivity index (χ1) is 21.9. The highest BCUT2D eigenvalue weighted by Crippen LogP contribution is 2.34. The van der Waals surface area contributed by atoms with Gasteiger partial charge >= 0.3 is 0 Å². The molecule has 12 heteroatoms. The number of hydrogen-bond acceptors (Lipinski definition) is 4. The van der Waals surface area contributed by atoms with Gasteiger partial charge in [0.15, 0.2) is 0 Å². The molecule has 1 N–H and O–H groups in total. The smallest absolute Gasteiger partial charge is 0.264 e. The zero-order valence-corrected chi connectivity index (χ0v) is 29.0. The Hall–Kier alpha value is -3.27. The summed E-state index contributed by atoms with van der Waals surface area (Å²) in [5.41, 5.74) is 1.25. The zero-order valence-electron chi connectivity index (χ0n) is 25.2. The molecule has 242 valence electrons. The summed E-state index contributed by atoms with van der Waals surface area (Å²) < 4.78 is 29.2. The second-order valence-electron chi connectivity index (χ2n) is 10.7. The molecule has 0 spiro atoms. The largest absolute Gasteiger partial charge is 0.352 e. The Bertz CT molecular complexity index is 1760. The van der Waals surface area contributed by atoms with Crippen LogP contribution in [0.1, 0.15) is 31.4 Å². The first-order valence-electron chi connectivity index (χ1n) is 14.5. The summed E-state index contributed by atoms with van der Waals surface area (Å²) in [6.45, 7) is 2.94. The highest BCUT2D eigenvalue weighted by atomic mass is 35.5. The summed E-state index contributed by atoms with van der Waals surface area (Å²) in [6, 6.07) is 25.0. The van der Waals surface area contributed by atoms with Crippen molar-refractivity contribution in [2.24, 2.45) is 0 Å². The van der Waals surface area contributed by atoms with E-state index in [0.717, 1.165) is 9.87 Å². The van der Waals surface area contributed by atoms with Crippen molar-refractivity contribution in [2.75, 3.05) is 10.8 Å². The predicted molar refractivity (Wildman–Crippen MR) is 186 cm³/mol. The van der Waals surface area contributed by atoms with Gasteiger partial charge in [0.1, 0.15) is 12.6 Å². The molecule has 0 saturated heterocycles. The van der Waals surface area contributed by atoms with E-state index in [1.54, 1.807) is 36.4 Å². The monoisotopic (exact) mass is 719 g/mol. The minimum atomic E-state index is -4.33. The number of halogens is 4. The van der Waals surface area contributed by atoms with E-state index in [1.807, 2.05) is 44.2 Å². The van der Waals surface area contributed by atoms with Gasteiger partial charge in [-0.1, -0.05) is 108 Å². The van der Waals surface area contributed by atoms with Crippen molar-refractivity contribution in [1.82, 2.24) is 10.2 Å². The third-order valence-electron chi connectivity index (χ3n) is 7.45. The normalized spacial score (nSPS) is 12.7. The number of benzene rings is 4. The molecule has 0 aliphatic heterocycles. The van der Waals surface area contributed by atoms with Gasteiger partial charge in [-0.3, -0.25) is 13.9 Å². The van der Waals surface area contributed by atoms with E-state index in [0.29, 0.717) is 22.0 Å². The first-order valence-corrected chi connectivity index (χ1v) is 17.5. The topological polar surface area (TPSA) is 86.8 Å². The van der Waals surface area contributed by atoms with Crippen LogP contribution in [0.4, 0.5) is 5.69 Å². The minimum absolute atomic E-state index is 0.0239. The van der Waals surface area contributed by atoms with Crippen LogP contribution in [-0.4, -0.2) is 43.8 Å². The zero-order chi connectivity index (χ0) is 33.4. The van der Waals surface area contributed by atoms with Gasteiger partial charge in [0.2, 0.25) is 11.8 Å². The van der Waals surface area contributed by atoms with E-state index in [-0.39, 0.29) is 39.6 Å². The van der Waals surface area contributed by atoms with Crippen LogP contribution in [0, 0.1) is 0 Å². The Morgan fingerprint density at radius 3 is 2.00 bits per heavy atom. The number of carbonyl (C=O) groups excluding carboxylic acids is 2. The van der Waals surface area contributed by atoms with Crippen molar-refractivity contribution < 1.29 is 18.0 Å². The van der Waals surface area contributed by atoms with E-state index >= 15 is 0 Å². The molecule has 0 aliphatic carbocycles. The third kappa shape index (κ3) is 8.75. The van der Waals surface area contributed by atoms with Crippen LogP contribution in [0.25, 0.3) is 0 Å². The number of amides is 2. The molecule has 0 aromatic heterocycles. The van der Waals surface area contributed by atoms with Crippen LogP contribution in [0.3, 0.4) is 0 Å². The Balaban J connectivity index is 1.86. The Labute approximate surface area is 290 Å². The molecule has 2 atom stereocenters. The van der Waals surface area contributed by atoms with Crippen LogP contribution in [0.2, 0.25) is 20.1 Å². The highest BCUT2D eigenvalue weighted by molar-refractivity contribution is 7.92. The van der Waals surface area contributed by atoms with E-state index in [4.69, 9.17) is 46.4 Å². The number of hydrogen-bond donors (Lipinski definition) is 1. The molecule has 0 saturated carbocycles. The number of anilines is 1. The molecule has 0 bridgehead atoms. The number of rotatable bonds is 13. The second kappa shape index (κ2) is 16.0. The SMILES string of the molecule is CCC(C)NC(=O)C(Cc1ccccc1)N(Cc1c(Cl)cccc1Cl)C(=O)CN(c1ccc(Cl)cc1Cl)S(=O)(=O)c1ccccc1. The lowest BCUT2D eigenvalue weighted by Gasteiger charge is -2.34. The van der Waals surface area contributed by atoms with E-state index in [2.05, 4.69) is 5.32 Å². The minimum Gasteiger partial charge on any atom is -0.352 e. The van der Waals surface area contributed by atoms with Gasteiger partial charge in [-0.05, 0) is 61.4 Å². The van der Waals surface area contributed by atoms with Crippen molar-refractivity contribution >= 4 is 73.9 Å². The molecule has 4 aromatic rings. The van der Waals surface area contributed by atoms with Gasteiger partial charge in [0.25, 0.3) is 10.0 Å². The maximum atomic E-state index is 14.6.